The zero-order chi connectivity index (χ0) is 15.5. The first-order valence-corrected chi connectivity index (χ1v) is 6.58. The maximum absolute atomic E-state index is 12.1. The van der Waals surface area contributed by atoms with Gasteiger partial charge in [-0.25, -0.2) is 0 Å². The van der Waals surface area contributed by atoms with Gasteiger partial charge in [-0.15, -0.1) is 0 Å². The van der Waals surface area contributed by atoms with Crippen LogP contribution in [0.25, 0.3) is 11.3 Å². The van der Waals surface area contributed by atoms with Crippen molar-refractivity contribution in [1.82, 2.24) is 15.5 Å². The molecule has 3 N–H and O–H groups in total. The predicted molar refractivity (Wildman–Crippen MR) is 79.2 cm³/mol. The maximum atomic E-state index is 12.1. The number of carbonyl (C=O) groups excluding carboxylic acids is 1. The molecule has 0 aliphatic carbocycles. The van der Waals surface area contributed by atoms with Crippen molar-refractivity contribution in [3.63, 3.8) is 0 Å². The first kappa shape index (κ1) is 15.1. The molecule has 2 aromatic rings. The molecule has 112 valence electrons. The number of aromatic amines is 1. The second-order valence-electron chi connectivity index (χ2n) is 5.39. The lowest BCUT2D eigenvalue weighted by molar-refractivity contribution is 0.0864. The largest absolute Gasteiger partial charge is 0.497 e. The predicted octanol–water partition coefficient (Wildman–Crippen LogP) is 1.59. The van der Waals surface area contributed by atoms with E-state index in [-0.39, 0.29) is 12.5 Å². The number of hydrogen-bond donors (Lipinski definition) is 3. The lowest BCUT2D eigenvalue weighted by atomic mass is 10.1. The third kappa shape index (κ3) is 3.61. The van der Waals surface area contributed by atoms with E-state index in [9.17, 15) is 9.90 Å². The molecule has 6 nitrogen and oxygen atoms in total. The molecule has 0 saturated heterocycles. The molecule has 21 heavy (non-hydrogen) atoms. The quantitative estimate of drug-likeness (QED) is 0.780. The second-order valence-corrected chi connectivity index (χ2v) is 5.39. The molecule has 1 heterocycles. The number of aromatic nitrogens is 2. The number of aliphatic hydroxyl groups excluding tert-OH is 1. The van der Waals surface area contributed by atoms with Crippen molar-refractivity contribution in [3.8, 4) is 17.0 Å². The summed E-state index contributed by atoms with van der Waals surface area (Å²) in [6, 6.07) is 9.09. The zero-order valence-corrected chi connectivity index (χ0v) is 12.3. The van der Waals surface area contributed by atoms with Gasteiger partial charge in [0.15, 0.2) is 0 Å². The number of benzene rings is 1. The highest BCUT2D eigenvalue weighted by molar-refractivity contribution is 5.93. The number of carbonyl (C=O) groups is 1. The topological polar surface area (TPSA) is 87.2 Å². The summed E-state index contributed by atoms with van der Waals surface area (Å²) in [5.74, 6) is 0.415. The minimum Gasteiger partial charge on any atom is -0.497 e. The summed E-state index contributed by atoms with van der Waals surface area (Å²) < 4.78 is 5.17. The monoisotopic (exact) mass is 289 g/mol. The van der Waals surface area contributed by atoms with E-state index in [4.69, 9.17) is 4.74 Å². The number of ether oxygens (including phenoxy) is 1. The standard InChI is InChI=1S/C15H19N3O3/c1-15(2,9-19)16-14(20)13-8-12(17-18-13)10-5-4-6-11(7-10)21-3/h4-8,19H,9H2,1-3H3,(H,16,20)(H,17,18). The summed E-state index contributed by atoms with van der Waals surface area (Å²) in [5, 5.41) is 18.7. The van der Waals surface area contributed by atoms with E-state index in [0.29, 0.717) is 11.4 Å². The van der Waals surface area contributed by atoms with Gasteiger partial charge in [-0.3, -0.25) is 9.89 Å². The molecule has 0 saturated carbocycles. The summed E-state index contributed by atoms with van der Waals surface area (Å²) >= 11 is 0. The molecule has 0 aliphatic rings. The Kier molecular flexibility index (Phi) is 4.28. The third-order valence-corrected chi connectivity index (χ3v) is 3.04. The molecular weight excluding hydrogens is 270 g/mol. The molecule has 0 spiro atoms. The number of aliphatic hydroxyl groups is 1. The molecular formula is C15H19N3O3. The van der Waals surface area contributed by atoms with Gasteiger partial charge in [0, 0.05) is 5.56 Å². The van der Waals surface area contributed by atoms with Gasteiger partial charge in [-0.05, 0) is 32.0 Å². The Labute approximate surface area is 123 Å². The normalized spacial score (nSPS) is 11.2. The Bertz CT molecular complexity index is 635. The highest BCUT2D eigenvalue weighted by atomic mass is 16.5. The Morgan fingerprint density at radius 2 is 2.19 bits per heavy atom. The highest BCUT2D eigenvalue weighted by Crippen LogP contribution is 2.22. The van der Waals surface area contributed by atoms with Crippen molar-refractivity contribution in [1.29, 1.82) is 0 Å². The number of hydrogen-bond acceptors (Lipinski definition) is 4. The molecule has 0 aliphatic heterocycles. The van der Waals surface area contributed by atoms with E-state index in [1.54, 1.807) is 27.0 Å². The molecule has 2 rings (SSSR count). The highest BCUT2D eigenvalue weighted by Gasteiger charge is 2.21. The summed E-state index contributed by atoms with van der Waals surface area (Å²) in [7, 11) is 1.60. The van der Waals surface area contributed by atoms with Gasteiger partial charge in [0.1, 0.15) is 11.4 Å². The average molecular weight is 289 g/mol. The molecule has 1 aromatic carbocycles. The van der Waals surface area contributed by atoms with Crippen LogP contribution in [-0.4, -0.2) is 40.5 Å². The van der Waals surface area contributed by atoms with Crippen LogP contribution in [0.3, 0.4) is 0 Å². The van der Waals surface area contributed by atoms with Crippen molar-refractivity contribution in [2.45, 2.75) is 19.4 Å². The number of H-pyrrole nitrogens is 1. The number of nitrogens with zero attached hydrogens (tertiary/aromatic N) is 1. The van der Waals surface area contributed by atoms with E-state index < -0.39 is 5.54 Å². The van der Waals surface area contributed by atoms with Gasteiger partial charge >= 0.3 is 0 Å². The van der Waals surface area contributed by atoms with Gasteiger partial charge in [0.05, 0.1) is 24.9 Å². The maximum Gasteiger partial charge on any atom is 0.269 e. The Balaban J connectivity index is 2.19. The molecule has 0 atom stereocenters. The number of rotatable bonds is 5. The first-order valence-electron chi connectivity index (χ1n) is 6.58. The first-order chi connectivity index (χ1) is 9.95. The van der Waals surface area contributed by atoms with Gasteiger partial charge < -0.3 is 15.2 Å². The fraction of sp³-hybridized carbons (Fsp3) is 0.333. The van der Waals surface area contributed by atoms with Gasteiger partial charge in [-0.1, -0.05) is 12.1 Å². The Morgan fingerprint density at radius 3 is 2.86 bits per heavy atom. The molecule has 0 radical (unpaired) electrons. The summed E-state index contributed by atoms with van der Waals surface area (Å²) in [4.78, 5) is 12.1. The van der Waals surface area contributed by atoms with Crippen molar-refractivity contribution >= 4 is 5.91 Å². The van der Waals surface area contributed by atoms with Crippen molar-refractivity contribution < 1.29 is 14.6 Å². The number of methoxy groups -OCH3 is 1. The summed E-state index contributed by atoms with van der Waals surface area (Å²) in [6.07, 6.45) is 0. The summed E-state index contributed by atoms with van der Waals surface area (Å²) in [6.45, 7) is 3.34. The number of nitrogens with one attached hydrogen (secondary N) is 2. The average Bonchev–Trinajstić information content (AvgIpc) is 2.97. The minimum atomic E-state index is -0.682. The fourth-order valence-electron chi connectivity index (χ4n) is 1.78. The third-order valence-electron chi connectivity index (χ3n) is 3.04. The van der Waals surface area contributed by atoms with E-state index in [0.717, 1.165) is 11.3 Å². The molecule has 1 amide bonds. The van der Waals surface area contributed by atoms with E-state index in [2.05, 4.69) is 15.5 Å². The minimum absolute atomic E-state index is 0.143. The van der Waals surface area contributed by atoms with Crippen molar-refractivity contribution in [3.05, 3.63) is 36.0 Å². The zero-order valence-electron chi connectivity index (χ0n) is 12.3. The lowest BCUT2D eigenvalue weighted by Crippen LogP contribution is -2.46. The van der Waals surface area contributed by atoms with E-state index in [1.807, 2.05) is 24.3 Å². The fourth-order valence-corrected chi connectivity index (χ4v) is 1.78. The van der Waals surface area contributed by atoms with E-state index >= 15 is 0 Å². The second kappa shape index (κ2) is 5.97. The lowest BCUT2D eigenvalue weighted by Gasteiger charge is -2.22. The van der Waals surface area contributed by atoms with Crippen LogP contribution in [0, 0.1) is 0 Å². The number of amides is 1. The van der Waals surface area contributed by atoms with Crippen molar-refractivity contribution in [2.24, 2.45) is 0 Å². The van der Waals surface area contributed by atoms with Crippen LogP contribution in [0.5, 0.6) is 5.75 Å². The van der Waals surface area contributed by atoms with E-state index in [1.165, 1.54) is 0 Å². The van der Waals surface area contributed by atoms with Crippen LogP contribution in [-0.2, 0) is 0 Å². The van der Waals surface area contributed by atoms with Crippen LogP contribution >= 0.6 is 0 Å². The Morgan fingerprint density at radius 1 is 1.43 bits per heavy atom. The van der Waals surface area contributed by atoms with Gasteiger partial charge in [0.25, 0.3) is 5.91 Å². The molecule has 1 aromatic heterocycles. The van der Waals surface area contributed by atoms with Crippen LogP contribution < -0.4 is 10.1 Å². The Hall–Kier alpha value is -2.34. The molecule has 0 bridgehead atoms. The van der Waals surface area contributed by atoms with Crippen LogP contribution in [0.15, 0.2) is 30.3 Å². The van der Waals surface area contributed by atoms with Crippen LogP contribution in [0.4, 0.5) is 0 Å². The molecule has 0 unspecified atom stereocenters. The van der Waals surface area contributed by atoms with Gasteiger partial charge in [-0.2, -0.15) is 5.10 Å². The summed E-state index contributed by atoms with van der Waals surface area (Å²) in [5.41, 5.74) is 1.17. The van der Waals surface area contributed by atoms with Crippen molar-refractivity contribution in [2.75, 3.05) is 13.7 Å². The molecule has 6 heteroatoms. The SMILES string of the molecule is COc1cccc(-c2cc(C(=O)NC(C)(C)CO)[nH]n2)c1. The smallest absolute Gasteiger partial charge is 0.269 e. The van der Waals surface area contributed by atoms with Crippen LogP contribution in [0.2, 0.25) is 0 Å². The molecule has 0 fully saturated rings. The van der Waals surface area contributed by atoms with Crippen LogP contribution in [0.1, 0.15) is 24.3 Å². The van der Waals surface area contributed by atoms with Gasteiger partial charge in [0.2, 0.25) is 0 Å².